The molecule has 0 aliphatic carbocycles. The Morgan fingerprint density at radius 1 is 0.839 bits per heavy atom. The summed E-state index contributed by atoms with van der Waals surface area (Å²) < 4.78 is 7.62. The van der Waals surface area contributed by atoms with Crippen LogP contribution in [-0.4, -0.2) is 14.6 Å². The summed E-state index contributed by atoms with van der Waals surface area (Å²) in [5, 5.41) is 14.6. The Hall–Kier alpha value is -4.43. The Labute approximate surface area is 179 Å². The Morgan fingerprint density at radius 2 is 1.61 bits per heavy atom. The van der Waals surface area contributed by atoms with Crippen molar-refractivity contribution in [1.82, 2.24) is 14.6 Å². The molecule has 2 aromatic heterocycles. The number of ether oxygens (including phenoxy) is 1. The van der Waals surface area contributed by atoms with E-state index in [2.05, 4.69) is 30.1 Å². The van der Waals surface area contributed by atoms with Gasteiger partial charge in [-0.25, -0.2) is 9.50 Å². The predicted molar refractivity (Wildman–Crippen MR) is 120 cm³/mol. The fourth-order valence-corrected chi connectivity index (χ4v) is 3.58. The number of nitrogens with zero attached hydrogens (tertiary/aromatic N) is 4. The highest BCUT2D eigenvalue weighted by atomic mass is 16.5. The van der Waals surface area contributed by atoms with E-state index in [4.69, 9.17) is 9.84 Å². The molecule has 5 rings (SSSR count). The first-order valence-corrected chi connectivity index (χ1v) is 9.91. The first kappa shape index (κ1) is 18.6. The fraction of sp³-hybridized carbons (Fsp3) is 0.0385. The molecular formula is C26H18N4O. The maximum Gasteiger partial charge on any atom is 0.174 e. The topological polar surface area (TPSA) is 63.2 Å². The molecule has 2 heterocycles. The van der Waals surface area contributed by atoms with Crippen molar-refractivity contribution in [2.75, 3.05) is 0 Å². The van der Waals surface area contributed by atoms with Gasteiger partial charge in [0, 0.05) is 17.3 Å². The van der Waals surface area contributed by atoms with Crippen LogP contribution in [0.4, 0.5) is 0 Å². The van der Waals surface area contributed by atoms with E-state index in [1.807, 2.05) is 72.8 Å². The minimum atomic E-state index is 0.450. The van der Waals surface area contributed by atoms with Crippen molar-refractivity contribution in [2.24, 2.45) is 0 Å². The van der Waals surface area contributed by atoms with Crippen LogP contribution in [0, 0.1) is 18.3 Å². The summed E-state index contributed by atoms with van der Waals surface area (Å²) in [5.74, 6) is 1.49. The van der Waals surface area contributed by atoms with Crippen LogP contribution in [0.5, 0.6) is 11.5 Å². The average Bonchev–Trinajstić information content (AvgIpc) is 3.19. The molecule has 0 radical (unpaired) electrons. The molecule has 5 aromatic rings. The quantitative estimate of drug-likeness (QED) is 0.368. The highest BCUT2D eigenvalue weighted by molar-refractivity contribution is 5.77. The Bertz CT molecular complexity index is 1410. The molecule has 5 heteroatoms. The van der Waals surface area contributed by atoms with E-state index in [0.717, 1.165) is 33.9 Å². The summed E-state index contributed by atoms with van der Waals surface area (Å²) in [4.78, 5) is 4.43. The molecule has 0 atom stereocenters. The van der Waals surface area contributed by atoms with Crippen LogP contribution in [0.3, 0.4) is 0 Å². The van der Waals surface area contributed by atoms with Crippen LogP contribution in [0.15, 0.2) is 91.1 Å². The largest absolute Gasteiger partial charge is 0.457 e. The maximum atomic E-state index is 9.85. The number of hydrogen-bond donors (Lipinski definition) is 0. The van der Waals surface area contributed by atoms with Crippen molar-refractivity contribution < 1.29 is 4.74 Å². The smallest absolute Gasteiger partial charge is 0.174 e. The minimum Gasteiger partial charge on any atom is -0.457 e. The number of aromatic nitrogens is 3. The number of fused-ring (bicyclic) bond motifs is 1. The molecule has 0 aliphatic heterocycles. The Balaban J connectivity index is 1.57. The van der Waals surface area contributed by atoms with Gasteiger partial charge in [0.1, 0.15) is 28.8 Å². The van der Waals surface area contributed by atoms with Crippen LogP contribution in [-0.2, 0) is 0 Å². The van der Waals surface area contributed by atoms with Gasteiger partial charge in [-0.3, -0.25) is 0 Å². The number of aryl methyl sites for hydroxylation is 1. The summed E-state index contributed by atoms with van der Waals surface area (Å²) in [6, 6.07) is 29.6. The zero-order chi connectivity index (χ0) is 21.2. The number of benzene rings is 3. The standard InChI is InChI=1S/C26H18N4O/c1-18-6-5-7-20(16-18)24-14-15-28-26-23(17-27)25(29-30(24)26)19-10-12-22(13-11-19)31-21-8-3-2-4-9-21/h2-16H,1H3. The summed E-state index contributed by atoms with van der Waals surface area (Å²) in [5.41, 5.74) is 5.49. The third kappa shape index (κ3) is 3.52. The van der Waals surface area contributed by atoms with E-state index < -0.39 is 0 Å². The predicted octanol–water partition coefficient (Wildman–Crippen LogP) is 6.04. The van der Waals surface area contributed by atoms with Gasteiger partial charge in [0.25, 0.3) is 0 Å². The summed E-state index contributed by atoms with van der Waals surface area (Å²) in [6.07, 6.45) is 1.72. The monoisotopic (exact) mass is 402 g/mol. The van der Waals surface area contributed by atoms with Gasteiger partial charge in [-0.1, -0.05) is 42.0 Å². The molecule has 0 bridgehead atoms. The van der Waals surface area contributed by atoms with E-state index in [0.29, 0.717) is 16.9 Å². The first-order chi connectivity index (χ1) is 15.2. The number of hydrogen-bond acceptors (Lipinski definition) is 4. The molecule has 148 valence electrons. The van der Waals surface area contributed by atoms with E-state index in [-0.39, 0.29) is 0 Å². The van der Waals surface area contributed by atoms with Gasteiger partial charge in [0.15, 0.2) is 5.65 Å². The second-order valence-corrected chi connectivity index (χ2v) is 7.21. The average molecular weight is 402 g/mol. The number of nitriles is 1. The minimum absolute atomic E-state index is 0.450. The van der Waals surface area contributed by atoms with Gasteiger partial charge in [-0.15, -0.1) is 0 Å². The molecule has 0 fully saturated rings. The summed E-state index contributed by atoms with van der Waals surface area (Å²) in [7, 11) is 0. The SMILES string of the molecule is Cc1cccc(-c2ccnc3c(C#N)c(-c4ccc(Oc5ccccc5)cc4)nn23)c1. The van der Waals surface area contributed by atoms with Crippen molar-refractivity contribution in [3.05, 3.63) is 102 Å². The number of para-hydroxylation sites is 1. The summed E-state index contributed by atoms with van der Waals surface area (Å²) in [6.45, 7) is 2.05. The molecule has 0 unspecified atom stereocenters. The molecule has 3 aromatic carbocycles. The van der Waals surface area contributed by atoms with Gasteiger partial charge >= 0.3 is 0 Å². The normalized spacial score (nSPS) is 10.7. The van der Waals surface area contributed by atoms with Crippen LogP contribution < -0.4 is 4.74 Å². The van der Waals surface area contributed by atoms with Gasteiger partial charge in [-0.2, -0.15) is 10.4 Å². The zero-order valence-electron chi connectivity index (χ0n) is 16.9. The van der Waals surface area contributed by atoms with Crippen LogP contribution >= 0.6 is 0 Å². The van der Waals surface area contributed by atoms with Gasteiger partial charge < -0.3 is 4.74 Å². The van der Waals surface area contributed by atoms with Crippen molar-refractivity contribution in [3.8, 4) is 40.1 Å². The van der Waals surface area contributed by atoms with Crippen molar-refractivity contribution in [2.45, 2.75) is 6.92 Å². The Kier molecular flexibility index (Phi) is 4.66. The van der Waals surface area contributed by atoms with Crippen molar-refractivity contribution in [3.63, 3.8) is 0 Å². The number of rotatable bonds is 4. The zero-order valence-corrected chi connectivity index (χ0v) is 16.9. The van der Waals surface area contributed by atoms with E-state index >= 15 is 0 Å². The maximum absolute atomic E-state index is 9.85. The van der Waals surface area contributed by atoms with Crippen LogP contribution in [0.2, 0.25) is 0 Å². The lowest BCUT2D eigenvalue weighted by atomic mass is 10.1. The molecule has 5 nitrogen and oxygen atoms in total. The van der Waals surface area contributed by atoms with Crippen molar-refractivity contribution >= 4 is 5.65 Å². The van der Waals surface area contributed by atoms with Crippen LogP contribution in [0.1, 0.15) is 11.1 Å². The Morgan fingerprint density at radius 3 is 2.35 bits per heavy atom. The lowest BCUT2D eigenvalue weighted by molar-refractivity contribution is 0.483. The van der Waals surface area contributed by atoms with E-state index in [1.54, 1.807) is 10.7 Å². The second kappa shape index (κ2) is 7.77. The van der Waals surface area contributed by atoms with E-state index in [9.17, 15) is 5.26 Å². The molecule has 0 amide bonds. The van der Waals surface area contributed by atoms with E-state index in [1.165, 1.54) is 0 Å². The highest BCUT2D eigenvalue weighted by Gasteiger charge is 2.18. The molecular weight excluding hydrogens is 384 g/mol. The lowest BCUT2D eigenvalue weighted by Crippen LogP contribution is -1.96. The first-order valence-electron chi connectivity index (χ1n) is 9.91. The third-order valence-electron chi connectivity index (χ3n) is 5.05. The lowest BCUT2D eigenvalue weighted by Gasteiger charge is -2.06. The molecule has 0 spiro atoms. The summed E-state index contributed by atoms with van der Waals surface area (Å²) >= 11 is 0. The van der Waals surface area contributed by atoms with Gasteiger partial charge in [0.2, 0.25) is 0 Å². The highest BCUT2D eigenvalue weighted by Crippen LogP contribution is 2.30. The molecule has 0 aliphatic rings. The van der Waals surface area contributed by atoms with Gasteiger partial charge in [-0.05, 0) is 55.5 Å². The van der Waals surface area contributed by atoms with Crippen LogP contribution in [0.25, 0.3) is 28.2 Å². The molecule has 31 heavy (non-hydrogen) atoms. The van der Waals surface area contributed by atoms with Gasteiger partial charge in [0.05, 0.1) is 5.69 Å². The second-order valence-electron chi connectivity index (χ2n) is 7.21. The molecule has 0 saturated carbocycles. The molecule has 0 saturated heterocycles. The third-order valence-corrected chi connectivity index (χ3v) is 5.05. The molecule has 0 N–H and O–H groups in total. The van der Waals surface area contributed by atoms with Crippen molar-refractivity contribution in [1.29, 1.82) is 5.26 Å². The fourth-order valence-electron chi connectivity index (χ4n) is 3.58.